The highest BCUT2D eigenvalue weighted by Gasteiger charge is 2.09. The van der Waals surface area contributed by atoms with Crippen LogP contribution >= 0.6 is 0 Å². The third kappa shape index (κ3) is 3.06. The molecule has 0 radical (unpaired) electrons. The predicted octanol–water partition coefficient (Wildman–Crippen LogP) is 2.79. The molecule has 2 aromatic rings. The molecule has 100 valence electrons. The summed E-state index contributed by atoms with van der Waals surface area (Å²) in [5, 5.41) is 0. The number of ether oxygens (including phenoxy) is 1. The molecule has 0 heterocycles. The number of anilines is 1. The van der Waals surface area contributed by atoms with Gasteiger partial charge in [0.15, 0.2) is 0 Å². The van der Waals surface area contributed by atoms with Gasteiger partial charge in [0, 0.05) is 20.1 Å². The first-order valence-electron chi connectivity index (χ1n) is 6.37. The summed E-state index contributed by atoms with van der Waals surface area (Å²) in [6.45, 7) is 1.38. The molecule has 0 saturated carbocycles. The van der Waals surface area contributed by atoms with Gasteiger partial charge in [-0.1, -0.05) is 36.4 Å². The Kier molecular flexibility index (Phi) is 4.42. The summed E-state index contributed by atoms with van der Waals surface area (Å²) >= 11 is 0. The third-order valence-corrected chi connectivity index (χ3v) is 3.24. The van der Waals surface area contributed by atoms with Crippen LogP contribution in [0.4, 0.5) is 5.69 Å². The van der Waals surface area contributed by atoms with E-state index in [1.807, 2.05) is 30.3 Å². The fourth-order valence-corrected chi connectivity index (χ4v) is 2.20. The topological polar surface area (TPSA) is 38.5 Å². The Labute approximate surface area is 114 Å². The summed E-state index contributed by atoms with van der Waals surface area (Å²) in [6, 6.07) is 16.3. The molecular formula is C16H20N2O. The lowest BCUT2D eigenvalue weighted by molar-refractivity contribution is 0.415. The summed E-state index contributed by atoms with van der Waals surface area (Å²) in [7, 11) is 3.76. The van der Waals surface area contributed by atoms with E-state index in [0.29, 0.717) is 6.54 Å². The van der Waals surface area contributed by atoms with E-state index in [-0.39, 0.29) is 0 Å². The molecule has 19 heavy (non-hydrogen) atoms. The molecule has 2 rings (SSSR count). The number of nitrogens with two attached hydrogens (primary N) is 1. The average molecular weight is 256 g/mol. The second kappa shape index (κ2) is 6.25. The van der Waals surface area contributed by atoms with Crippen LogP contribution in [0, 0.1) is 0 Å². The molecule has 0 aromatic heterocycles. The lowest BCUT2D eigenvalue weighted by Gasteiger charge is -2.22. The number of para-hydroxylation sites is 2. The first-order valence-corrected chi connectivity index (χ1v) is 6.37. The zero-order chi connectivity index (χ0) is 13.7. The highest BCUT2D eigenvalue weighted by molar-refractivity contribution is 5.58. The molecule has 0 aliphatic carbocycles. The van der Waals surface area contributed by atoms with Crippen molar-refractivity contribution < 1.29 is 4.74 Å². The van der Waals surface area contributed by atoms with Crippen molar-refractivity contribution >= 4 is 5.69 Å². The number of hydrogen-bond donors (Lipinski definition) is 1. The largest absolute Gasteiger partial charge is 0.495 e. The lowest BCUT2D eigenvalue weighted by atomic mass is 10.1. The van der Waals surface area contributed by atoms with Crippen LogP contribution < -0.4 is 15.4 Å². The van der Waals surface area contributed by atoms with Crippen molar-refractivity contribution in [2.24, 2.45) is 5.73 Å². The summed E-state index contributed by atoms with van der Waals surface area (Å²) in [4.78, 5) is 2.17. The molecule has 3 nitrogen and oxygen atoms in total. The maximum Gasteiger partial charge on any atom is 0.142 e. The molecule has 3 heteroatoms. The van der Waals surface area contributed by atoms with Gasteiger partial charge in [0.2, 0.25) is 0 Å². The van der Waals surface area contributed by atoms with E-state index in [2.05, 4.69) is 30.1 Å². The molecule has 2 aromatic carbocycles. The second-order valence-corrected chi connectivity index (χ2v) is 4.50. The Bertz CT molecular complexity index is 540. The van der Waals surface area contributed by atoms with Gasteiger partial charge in [0.1, 0.15) is 5.75 Å². The minimum atomic E-state index is 0.565. The van der Waals surface area contributed by atoms with E-state index >= 15 is 0 Å². The maximum absolute atomic E-state index is 5.78. The fraction of sp³-hybridized carbons (Fsp3) is 0.250. The molecule has 0 bridgehead atoms. The second-order valence-electron chi connectivity index (χ2n) is 4.50. The summed E-state index contributed by atoms with van der Waals surface area (Å²) in [6.07, 6.45) is 0. The molecule has 0 amide bonds. The van der Waals surface area contributed by atoms with E-state index in [9.17, 15) is 0 Å². The van der Waals surface area contributed by atoms with Crippen molar-refractivity contribution in [3.05, 3.63) is 59.7 Å². The molecule has 0 atom stereocenters. The van der Waals surface area contributed by atoms with E-state index in [1.165, 1.54) is 11.1 Å². The minimum absolute atomic E-state index is 0.565. The van der Waals surface area contributed by atoms with Crippen molar-refractivity contribution in [3.8, 4) is 5.75 Å². The summed E-state index contributed by atoms with van der Waals surface area (Å²) in [5.74, 6) is 0.884. The fourth-order valence-electron chi connectivity index (χ4n) is 2.20. The van der Waals surface area contributed by atoms with E-state index in [1.54, 1.807) is 7.11 Å². The maximum atomic E-state index is 5.78. The number of rotatable bonds is 5. The van der Waals surface area contributed by atoms with Gasteiger partial charge in [0.05, 0.1) is 12.8 Å². The van der Waals surface area contributed by atoms with E-state index < -0.39 is 0 Å². The van der Waals surface area contributed by atoms with Crippen LogP contribution in [0.25, 0.3) is 0 Å². The highest BCUT2D eigenvalue weighted by Crippen LogP contribution is 2.28. The van der Waals surface area contributed by atoms with Crippen molar-refractivity contribution in [2.75, 3.05) is 19.1 Å². The van der Waals surface area contributed by atoms with Crippen molar-refractivity contribution in [2.45, 2.75) is 13.1 Å². The Morgan fingerprint density at radius 2 is 1.63 bits per heavy atom. The molecule has 2 N–H and O–H groups in total. The number of benzene rings is 2. The van der Waals surface area contributed by atoms with Gasteiger partial charge < -0.3 is 15.4 Å². The van der Waals surface area contributed by atoms with Crippen LogP contribution in [0.5, 0.6) is 5.75 Å². The van der Waals surface area contributed by atoms with Gasteiger partial charge in [-0.25, -0.2) is 0 Å². The van der Waals surface area contributed by atoms with Crippen molar-refractivity contribution in [1.29, 1.82) is 0 Å². The van der Waals surface area contributed by atoms with Gasteiger partial charge in [-0.15, -0.1) is 0 Å². The average Bonchev–Trinajstić information content (AvgIpc) is 2.47. The van der Waals surface area contributed by atoms with Crippen LogP contribution in [0.3, 0.4) is 0 Å². The Morgan fingerprint density at radius 1 is 1.00 bits per heavy atom. The van der Waals surface area contributed by atoms with E-state index in [4.69, 9.17) is 10.5 Å². The quantitative estimate of drug-likeness (QED) is 0.894. The Hall–Kier alpha value is -2.00. The molecule has 0 aliphatic rings. The highest BCUT2D eigenvalue weighted by atomic mass is 16.5. The zero-order valence-electron chi connectivity index (χ0n) is 11.5. The van der Waals surface area contributed by atoms with Crippen LogP contribution in [0.1, 0.15) is 11.1 Å². The first kappa shape index (κ1) is 13.4. The summed E-state index contributed by atoms with van der Waals surface area (Å²) in [5.41, 5.74) is 9.29. The molecule has 0 unspecified atom stereocenters. The van der Waals surface area contributed by atoms with Crippen LogP contribution in [-0.4, -0.2) is 14.2 Å². The molecule has 0 spiro atoms. The number of nitrogens with zero attached hydrogens (tertiary/aromatic N) is 1. The molecule has 0 aliphatic heterocycles. The van der Waals surface area contributed by atoms with Crippen LogP contribution in [0.2, 0.25) is 0 Å². The SMILES string of the molecule is COc1ccccc1N(C)Cc1ccccc1CN. The van der Waals surface area contributed by atoms with Gasteiger partial charge in [-0.05, 0) is 23.3 Å². The van der Waals surface area contributed by atoms with Crippen molar-refractivity contribution in [1.82, 2.24) is 0 Å². The zero-order valence-corrected chi connectivity index (χ0v) is 11.5. The van der Waals surface area contributed by atoms with Gasteiger partial charge in [-0.2, -0.15) is 0 Å². The lowest BCUT2D eigenvalue weighted by Crippen LogP contribution is -2.18. The Balaban J connectivity index is 2.23. The number of hydrogen-bond acceptors (Lipinski definition) is 3. The molecular weight excluding hydrogens is 236 g/mol. The van der Waals surface area contributed by atoms with Gasteiger partial charge in [0.25, 0.3) is 0 Å². The standard InChI is InChI=1S/C16H20N2O/c1-18(15-9-5-6-10-16(15)19-2)12-14-8-4-3-7-13(14)11-17/h3-10H,11-12,17H2,1-2H3. The van der Waals surface area contributed by atoms with Crippen LogP contribution in [0.15, 0.2) is 48.5 Å². The van der Waals surface area contributed by atoms with Gasteiger partial charge >= 0.3 is 0 Å². The smallest absolute Gasteiger partial charge is 0.142 e. The minimum Gasteiger partial charge on any atom is -0.495 e. The molecule has 0 saturated heterocycles. The molecule has 0 fully saturated rings. The summed E-state index contributed by atoms with van der Waals surface area (Å²) < 4.78 is 5.39. The monoisotopic (exact) mass is 256 g/mol. The van der Waals surface area contributed by atoms with Gasteiger partial charge in [-0.3, -0.25) is 0 Å². The normalized spacial score (nSPS) is 10.3. The predicted molar refractivity (Wildman–Crippen MR) is 79.4 cm³/mol. The van der Waals surface area contributed by atoms with Crippen molar-refractivity contribution in [3.63, 3.8) is 0 Å². The third-order valence-electron chi connectivity index (χ3n) is 3.24. The Morgan fingerprint density at radius 3 is 2.32 bits per heavy atom. The van der Waals surface area contributed by atoms with Crippen LogP contribution in [-0.2, 0) is 13.1 Å². The van der Waals surface area contributed by atoms with E-state index in [0.717, 1.165) is 18.0 Å². The first-order chi connectivity index (χ1) is 9.26. The number of methoxy groups -OCH3 is 1.